The molecule has 1 aromatic heterocycles. The zero-order valence-corrected chi connectivity index (χ0v) is 13.9. The predicted octanol–water partition coefficient (Wildman–Crippen LogP) is 2.25. The Bertz CT molecular complexity index is 829. The number of carbonyl (C=O) groups excluding carboxylic acids is 2. The largest absolute Gasteiger partial charge is 0.371 e. The summed E-state index contributed by atoms with van der Waals surface area (Å²) in [6, 6.07) is 9.39. The third kappa shape index (κ3) is 2.84. The monoisotopic (exact) mass is 336 g/mol. The van der Waals surface area contributed by atoms with E-state index in [1.807, 2.05) is 30.3 Å². The number of primary amides is 1. The molecule has 1 atom stereocenters. The normalized spacial score (nSPS) is 19.4. The maximum absolute atomic E-state index is 12.2. The lowest BCUT2D eigenvalue weighted by Crippen LogP contribution is -2.28. The number of nitrogens with two attached hydrogens (primary N) is 1. The Morgan fingerprint density at radius 3 is 2.72 bits per heavy atom. The highest BCUT2D eigenvalue weighted by Gasteiger charge is 2.30. The average molecular weight is 336 g/mol. The van der Waals surface area contributed by atoms with Gasteiger partial charge in [0.25, 0.3) is 5.91 Å². The summed E-state index contributed by atoms with van der Waals surface area (Å²) in [5.74, 6) is -0.653. The molecule has 0 spiro atoms. The Balaban J connectivity index is 1.85. The number of nitrogens with one attached hydrogen (secondary N) is 1. The third-order valence-electron chi connectivity index (χ3n) is 4.96. The molecule has 128 valence electrons. The summed E-state index contributed by atoms with van der Waals surface area (Å²) in [4.78, 5) is 30.8. The van der Waals surface area contributed by atoms with Crippen molar-refractivity contribution in [3.63, 3.8) is 0 Å². The standard InChI is InChI=1S/C19H20N4O2/c20-19(25)14-9-12-13(15-5-1-2-6-21-15)10-18(24)22-16(12)11-17(14)23-7-3-4-8-23/h1-2,5-6,9,11,13H,3-4,7-8,10H2,(H2,20,25)(H,22,24)/t13-/m0/s1. The first-order valence-corrected chi connectivity index (χ1v) is 8.57. The smallest absolute Gasteiger partial charge is 0.250 e. The summed E-state index contributed by atoms with van der Waals surface area (Å²) in [7, 11) is 0. The molecule has 6 heteroatoms. The number of pyridine rings is 1. The SMILES string of the molecule is NC(=O)c1cc2c(cc1N1CCCC1)NC(=O)C[C@@H]2c1ccccn1. The van der Waals surface area contributed by atoms with E-state index in [0.29, 0.717) is 12.0 Å². The zero-order valence-electron chi connectivity index (χ0n) is 13.9. The van der Waals surface area contributed by atoms with Gasteiger partial charge in [-0.3, -0.25) is 14.6 Å². The summed E-state index contributed by atoms with van der Waals surface area (Å²) in [6.45, 7) is 1.80. The lowest BCUT2D eigenvalue weighted by Gasteiger charge is -2.29. The molecule has 2 aromatic rings. The number of anilines is 2. The fourth-order valence-electron chi connectivity index (χ4n) is 3.76. The lowest BCUT2D eigenvalue weighted by molar-refractivity contribution is -0.116. The molecular formula is C19H20N4O2. The van der Waals surface area contributed by atoms with Crippen molar-refractivity contribution in [1.82, 2.24) is 4.98 Å². The van der Waals surface area contributed by atoms with Crippen LogP contribution in [-0.2, 0) is 4.79 Å². The molecule has 0 aliphatic carbocycles. The minimum absolute atomic E-state index is 0.0395. The molecule has 1 aromatic carbocycles. The molecule has 0 radical (unpaired) electrons. The fraction of sp³-hybridized carbons (Fsp3) is 0.316. The Morgan fingerprint density at radius 2 is 2.04 bits per heavy atom. The number of benzene rings is 1. The van der Waals surface area contributed by atoms with Crippen molar-refractivity contribution < 1.29 is 9.59 Å². The second kappa shape index (κ2) is 6.20. The van der Waals surface area contributed by atoms with Gasteiger partial charge in [0.1, 0.15) is 0 Å². The second-order valence-corrected chi connectivity index (χ2v) is 6.57. The molecule has 0 saturated carbocycles. The first-order chi connectivity index (χ1) is 12.1. The Labute approximate surface area is 146 Å². The number of hydrogen-bond acceptors (Lipinski definition) is 4. The summed E-state index contributed by atoms with van der Waals surface area (Å²) < 4.78 is 0. The number of hydrogen-bond donors (Lipinski definition) is 2. The number of carbonyl (C=O) groups is 2. The number of aromatic nitrogens is 1. The van der Waals surface area contributed by atoms with Gasteiger partial charge in [0.2, 0.25) is 5.91 Å². The van der Waals surface area contributed by atoms with Gasteiger partial charge in [-0.25, -0.2) is 0 Å². The highest BCUT2D eigenvalue weighted by atomic mass is 16.2. The van der Waals surface area contributed by atoms with E-state index in [0.717, 1.165) is 48.6 Å². The van der Waals surface area contributed by atoms with Gasteiger partial charge in [-0.05, 0) is 42.7 Å². The summed E-state index contributed by atoms with van der Waals surface area (Å²) >= 11 is 0. The van der Waals surface area contributed by atoms with Crippen LogP contribution in [0.1, 0.15) is 46.8 Å². The molecule has 2 aliphatic heterocycles. The van der Waals surface area contributed by atoms with Crippen molar-refractivity contribution in [1.29, 1.82) is 0 Å². The van der Waals surface area contributed by atoms with Crippen LogP contribution in [0.25, 0.3) is 0 Å². The van der Waals surface area contributed by atoms with E-state index in [9.17, 15) is 9.59 Å². The van der Waals surface area contributed by atoms with E-state index < -0.39 is 5.91 Å². The van der Waals surface area contributed by atoms with Gasteiger partial charge in [-0.1, -0.05) is 6.07 Å². The topological polar surface area (TPSA) is 88.3 Å². The van der Waals surface area contributed by atoms with Gasteiger partial charge >= 0.3 is 0 Å². The minimum Gasteiger partial charge on any atom is -0.371 e. The first kappa shape index (κ1) is 15.6. The van der Waals surface area contributed by atoms with Gasteiger partial charge in [-0.2, -0.15) is 0 Å². The Hall–Kier alpha value is -2.89. The van der Waals surface area contributed by atoms with Crippen LogP contribution in [0.3, 0.4) is 0 Å². The molecule has 1 saturated heterocycles. The van der Waals surface area contributed by atoms with Crippen LogP contribution >= 0.6 is 0 Å². The van der Waals surface area contributed by atoms with E-state index in [2.05, 4.69) is 15.2 Å². The number of rotatable bonds is 3. The van der Waals surface area contributed by atoms with Crippen molar-refractivity contribution in [2.75, 3.05) is 23.3 Å². The number of fused-ring (bicyclic) bond motifs is 1. The van der Waals surface area contributed by atoms with E-state index in [-0.39, 0.29) is 11.8 Å². The van der Waals surface area contributed by atoms with Crippen LogP contribution in [-0.4, -0.2) is 29.9 Å². The van der Waals surface area contributed by atoms with Gasteiger partial charge in [0.15, 0.2) is 0 Å². The van der Waals surface area contributed by atoms with Crippen LogP contribution in [0.2, 0.25) is 0 Å². The predicted molar refractivity (Wildman–Crippen MR) is 95.7 cm³/mol. The minimum atomic E-state index is -0.443. The molecule has 2 amide bonds. The average Bonchev–Trinajstić information content (AvgIpc) is 3.15. The van der Waals surface area contributed by atoms with Crippen molar-refractivity contribution >= 4 is 23.2 Å². The van der Waals surface area contributed by atoms with Crippen LogP contribution in [0.15, 0.2) is 36.5 Å². The molecule has 2 aliphatic rings. The van der Waals surface area contributed by atoms with Gasteiger partial charge < -0.3 is 16.0 Å². The zero-order chi connectivity index (χ0) is 17.4. The maximum atomic E-state index is 12.2. The summed E-state index contributed by atoms with van der Waals surface area (Å²) in [6.07, 6.45) is 4.22. The van der Waals surface area contributed by atoms with Crippen molar-refractivity contribution in [3.8, 4) is 0 Å². The lowest BCUT2D eigenvalue weighted by atomic mass is 9.86. The van der Waals surface area contributed by atoms with Crippen LogP contribution < -0.4 is 16.0 Å². The summed E-state index contributed by atoms with van der Waals surface area (Å²) in [5, 5.41) is 2.94. The van der Waals surface area contributed by atoms with Crippen molar-refractivity contribution in [2.45, 2.75) is 25.2 Å². The second-order valence-electron chi connectivity index (χ2n) is 6.57. The van der Waals surface area contributed by atoms with Crippen LogP contribution in [0.4, 0.5) is 11.4 Å². The van der Waals surface area contributed by atoms with Crippen molar-refractivity contribution in [2.24, 2.45) is 5.73 Å². The number of amides is 2. The molecule has 6 nitrogen and oxygen atoms in total. The molecule has 25 heavy (non-hydrogen) atoms. The van der Waals surface area contributed by atoms with E-state index >= 15 is 0 Å². The van der Waals surface area contributed by atoms with Crippen LogP contribution in [0.5, 0.6) is 0 Å². The van der Waals surface area contributed by atoms with Crippen LogP contribution in [0, 0.1) is 0 Å². The molecular weight excluding hydrogens is 316 g/mol. The van der Waals surface area contributed by atoms with E-state index in [1.54, 1.807) is 6.20 Å². The Morgan fingerprint density at radius 1 is 1.24 bits per heavy atom. The third-order valence-corrected chi connectivity index (χ3v) is 4.96. The Kier molecular flexibility index (Phi) is 3.87. The number of nitrogens with zero attached hydrogens (tertiary/aromatic N) is 2. The molecule has 0 unspecified atom stereocenters. The molecule has 0 bridgehead atoms. The van der Waals surface area contributed by atoms with Crippen molar-refractivity contribution in [3.05, 3.63) is 53.3 Å². The summed E-state index contributed by atoms with van der Waals surface area (Å²) in [5.41, 5.74) is 9.45. The molecule has 3 heterocycles. The highest BCUT2D eigenvalue weighted by Crippen LogP contribution is 2.40. The molecule has 3 N–H and O–H groups in total. The first-order valence-electron chi connectivity index (χ1n) is 8.57. The molecule has 4 rings (SSSR count). The van der Waals surface area contributed by atoms with Gasteiger partial charge in [0.05, 0.1) is 11.3 Å². The highest BCUT2D eigenvalue weighted by molar-refractivity contribution is 6.02. The molecule has 1 fully saturated rings. The van der Waals surface area contributed by atoms with E-state index in [1.165, 1.54) is 0 Å². The van der Waals surface area contributed by atoms with Gasteiger partial charge in [-0.15, -0.1) is 0 Å². The van der Waals surface area contributed by atoms with E-state index in [4.69, 9.17) is 5.73 Å². The maximum Gasteiger partial charge on any atom is 0.250 e. The van der Waals surface area contributed by atoms with Gasteiger partial charge in [0, 0.05) is 43.0 Å². The quantitative estimate of drug-likeness (QED) is 0.900. The fourth-order valence-corrected chi connectivity index (χ4v) is 3.76.